The van der Waals surface area contributed by atoms with Crippen molar-refractivity contribution >= 4 is 16.6 Å². The Morgan fingerprint density at radius 1 is 0.848 bits per heavy atom. The molecule has 0 amide bonds. The Bertz CT molecular complexity index is 746. The third kappa shape index (κ3) is 10.9. The summed E-state index contributed by atoms with van der Waals surface area (Å²) in [6.45, 7) is 4.87. The topological polar surface area (TPSA) is 73.3 Å². The van der Waals surface area contributed by atoms with Crippen LogP contribution in [0.3, 0.4) is 0 Å². The molecule has 0 saturated heterocycles. The number of benzene rings is 1. The Morgan fingerprint density at radius 2 is 1.36 bits per heavy atom. The lowest BCUT2D eigenvalue weighted by atomic mass is 10.0. The molecular weight excluding hydrogens is 410 g/mol. The number of nitrogens with zero attached hydrogens (tertiary/aromatic N) is 2. The number of unbranched alkanes of at least 4 members (excludes halogenated alkanes) is 15. The number of fused-ring (bicyclic) bond motifs is 1. The summed E-state index contributed by atoms with van der Waals surface area (Å²) < 4.78 is 7.50. The molecule has 0 bridgehead atoms. The van der Waals surface area contributed by atoms with Crippen molar-refractivity contribution in [3.05, 3.63) is 24.4 Å². The normalized spacial score (nSPS) is 13.5. The lowest BCUT2D eigenvalue weighted by Crippen LogP contribution is -2.25. The van der Waals surface area contributed by atoms with Gasteiger partial charge in [-0.25, -0.2) is 4.68 Å². The van der Waals surface area contributed by atoms with Gasteiger partial charge in [-0.05, 0) is 31.5 Å². The van der Waals surface area contributed by atoms with Gasteiger partial charge in [-0.15, -0.1) is 0 Å². The van der Waals surface area contributed by atoms with Crippen LogP contribution in [-0.2, 0) is 4.74 Å². The zero-order chi connectivity index (χ0) is 23.7. The highest BCUT2D eigenvalue weighted by molar-refractivity contribution is 5.82. The molecule has 0 radical (unpaired) electrons. The van der Waals surface area contributed by atoms with E-state index in [2.05, 4.69) is 12.0 Å². The number of rotatable bonds is 20. The zero-order valence-electron chi connectivity index (χ0n) is 21.3. The molecule has 2 atom stereocenters. The van der Waals surface area contributed by atoms with E-state index in [-0.39, 0.29) is 6.10 Å². The van der Waals surface area contributed by atoms with Crippen LogP contribution in [0.15, 0.2) is 24.4 Å². The maximum Gasteiger partial charge on any atom is 0.173 e. The van der Waals surface area contributed by atoms with Gasteiger partial charge in [-0.1, -0.05) is 103 Å². The predicted octanol–water partition coefficient (Wildman–Crippen LogP) is 7.78. The van der Waals surface area contributed by atoms with E-state index in [1.165, 1.54) is 96.3 Å². The molecule has 0 saturated carbocycles. The molecule has 1 aromatic heterocycles. The van der Waals surface area contributed by atoms with Crippen LogP contribution in [0.2, 0.25) is 0 Å². The number of nitrogen functional groups attached to an aromatic ring is 1. The SMILES string of the molecule is CCCCCCCCCCCCCCCCCCOC(C)C(O)n1ncc2cc(N)ccc21. The smallest absolute Gasteiger partial charge is 0.173 e. The summed E-state index contributed by atoms with van der Waals surface area (Å²) in [7, 11) is 0. The van der Waals surface area contributed by atoms with E-state index in [1.807, 2.05) is 25.1 Å². The van der Waals surface area contributed by atoms with E-state index < -0.39 is 6.23 Å². The summed E-state index contributed by atoms with van der Waals surface area (Å²) in [5.41, 5.74) is 7.39. The molecule has 1 aromatic carbocycles. The van der Waals surface area contributed by atoms with Crippen LogP contribution >= 0.6 is 0 Å². The van der Waals surface area contributed by atoms with Crippen molar-refractivity contribution in [2.45, 2.75) is 129 Å². The van der Waals surface area contributed by atoms with Gasteiger partial charge in [0.15, 0.2) is 6.23 Å². The van der Waals surface area contributed by atoms with Crippen molar-refractivity contribution in [1.82, 2.24) is 9.78 Å². The van der Waals surface area contributed by atoms with Gasteiger partial charge in [0, 0.05) is 17.7 Å². The van der Waals surface area contributed by atoms with Crippen molar-refractivity contribution in [2.75, 3.05) is 12.3 Å². The quantitative estimate of drug-likeness (QED) is 0.157. The summed E-state index contributed by atoms with van der Waals surface area (Å²) in [5, 5.41) is 15.9. The Hall–Kier alpha value is -1.59. The minimum Gasteiger partial charge on any atom is -0.399 e. The third-order valence-electron chi connectivity index (χ3n) is 6.67. The molecule has 1 heterocycles. The highest BCUT2D eigenvalue weighted by atomic mass is 16.5. The van der Waals surface area contributed by atoms with Gasteiger partial charge < -0.3 is 15.6 Å². The van der Waals surface area contributed by atoms with E-state index in [0.29, 0.717) is 12.3 Å². The first-order valence-corrected chi connectivity index (χ1v) is 13.7. The van der Waals surface area contributed by atoms with Crippen LogP contribution in [0.5, 0.6) is 0 Å². The highest BCUT2D eigenvalue weighted by Gasteiger charge is 2.19. The fourth-order valence-corrected chi connectivity index (χ4v) is 4.49. The summed E-state index contributed by atoms with van der Waals surface area (Å²) in [6.07, 6.45) is 22.4. The predicted molar refractivity (Wildman–Crippen MR) is 140 cm³/mol. The number of hydrogen-bond acceptors (Lipinski definition) is 4. The van der Waals surface area contributed by atoms with Crippen molar-refractivity contribution in [3.63, 3.8) is 0 Å². The second kappa shape index (κ2) is 16.9. The van der Waals surface area contributed by atoms with E-state index in [9.17, 15) is 5.11 Å². The van der Waals surface area contributed by atoms with Crippen LogP contribution in [0.1, 0.15) is 123 Å². The van der Waals surface area contributed by atoms with Gasteiger partial charge in [-0.2, -0.15) is 5.10 Å². The molecule has 0 fully saturated rings. The second-order valence-electron chi connectivity index (χ2n) is 9.70. The summed E-state index contributed by atoms with van der Waals surface area (Å²) >= 11 is 0. The molecule has 188 valence electrons. The van der Waals surface area contributed by atoms with E-state index in [4.69, 9.17) is 10.5 Å². The van der Waals surface area contributed by atoms with Crippen molar-refractivity contribution in [3.8, 4) is 0 Å². The average molecular weight is 460 g/mol. The van der Waals surface area contributed by atoms with E-state index in [1.54, 1.807) is 10.9 Å². The van der Waals surface area contributed by atoms with Crippen LogP contribution in [-0.4, -0.2) is 27.6 Å². The van der Waals surface area contributed by atoms with Crippen LogP contribution in [0.4, 0.5) is 5.69 Å². The van der Waals surface area contributed by atoms with E-state index >= 15 is 0 Å². The van der Waals surface area contributed by atoms with Crippen molar-refractivity contribution < 1.29 is 9.84 Å². The van der Waals surface area contributed by atoms with Crippen molar-refractivity contribution in [2.24, 2.45) is 0 Å². The number of anilines is 1. The molecule has 33 heavy (non-hydrogen) atoms. The number of nitrogens with two attached hydrogens (primary N) is 1. The fraction of sp³-hybridized carbons (Fsp3) is 0.750. The first-order chi connectivity index (χ1) is 16.1. The molecule has 0 aliphatic heterocycles. The molecule has 0 aliphatic rings. The van der Waals surface area contributed by atoms with Gasteiger partial charge in [0.2, 0.25) is 0 Å². The Balaban J connectivity index is 1.41. The maximum absolute atomic E-state index is 10.6. The largest absolute Gasteiger partial charge is 0.399 e. The number of ether oxygens (including phenoxy) is 1. The molecule has 2 aromatic rings. The maximum atomic E-state index is 10.6. The van der Waals surface area contributed by atoms with Crippen LogP contribution < -0.4 is 5.73 Å². The lowest BCUT2D eigenvalue weighted by Gasteiger charge is -2.20. The van der Waals surface area contributed by atoms with Crippen LogP contribution in [0, 0.1) is 0 Å². The van der Waals surface area contributed by atoms with Gasteiger partial charge in [0.1, 0.15) is 6.10 Å². The molecule has 5 heteroatoms. The second-order valence-corrected chi connectivity index (χ2v) is 9.70. The van der Waals surface area contributed by atoms with Crippen LogP contribution in [0.25, 0.3) is 10.9 Å². The number of aliphatic hydroxyl groups excluding tert-OH is 1. The number of aliphatic hydroxyl groups is 1. The highest BCUT2D eigenvalue weighted by Crippen LogP contribution is 2.22. The minimum atomic E-state index is -0.799. The molecule has 2 rings (SSSR count). The number of hydrogen-bond donors (Lipinski definition) is 2. The fourth-order valence-electron chi connectivity index (χ4n) is 4.49. The first kappa shape index (κ1) is 27.7. The zero-order valence-corrected chi connectivity index (χ0v) is 21.3. The van der Waals surface area contributed by atoms with Gasteiger partial charge >= 0.3 is 0 Å². The van der Waals surface area contributed by atoms with E-state index in [0.717, 1.165) is 17.3 Å². The summed E-state index contributed by atoms with van der Waals surface area (Å²) in [6, 6.07) is 5.59. The summed E-state index contributed by atoms with van der Waals surface area (Å²) in [4.78, 5) is 0. The Kier molecular flexibility index (Phi) is 14.2. The number of aromatic nitrogens is 2. The van der Waals surface area contributed by atoms with Crippen molar-refractivity contribution in [1.29, 1.82) is 0 Å². The minimum absolute atomic E-state index is 0.304. The Morgan fingerprint density at radius 3 is 1.91 bits per heavy atom. The Labute approximate surface area is 202 Å². The first-order valence-electron chi connectivity index (χ1n) is 13.7. The molecule has 0 aliphatic carbocycles. The molecule has 5 nitrogen and oxygen atoms in total. The lowest BCUT2D eigenvalue weighted by molar-refractivity contribution is -0.0669. The summed E-state index contributed by atoms with van der Waals surface area (Å²) in [5.74, 6) is 0. The third-order valence-corrected chi connectivity index (χ3v) is 6.67. The van der Waals surface area contributed by atoms with Gasteiger partial charge in [-0.3, -0.25) is 0 Å². The molecule has 3 N–H and O–H groups in total. The average Bonchev–Trinajstić information content (AvgIpc) is 3.23. The molecule has 0 spiro atoms. The molecular formula is C28H49N3O2. The van der Waals surface area contributed by atoms with Gasteiger partial charge in [0.25, 0.3) is 0 Å². The molecule has 2 unspecified atom stereocenters. The van der Waals surface area contributed by atoms with Gasteiger partial charge in [0.05, 0.1) is 11.7 Å². The standard InChI is InChI=1S/C28H49N3O2/c1-3-4-5-6-7-8-9-10-11-12-13-14-15-16-17-18-21-33-24(2)28(32)31-27-20-19-26(29)22-25(27)23-30-31/h19-20,22-24,28,32H,3-18,21,29H2,1-2H3. The monoisotopic (exact) mass is 459 g/mol.